The first-order valence-electron chi connectivity index (χ1n) is 3.76. The minimum atomic E-state index is -0.879. The number of piperidine rings is 1. The Morgan fingerprint density at radius 3 is 2.64 bits per heavy atom. The Hall–Kier alpha value is -0.610. The summed E-state index contributed by atoms with van der Waals surface area (Å²) in [6.07, 6.45) is 0.496. The molecule has 0 bridgehead atoms. The molecular formula is C7H13NO3. The second-order valence-electron chi connectivity index (χ2n) is 3.08. The molecule has 1 fully saturated rings. The molecule has 0 saturated carbocycles. The van der Waals surface area contributed by atoms with Crippen LogP contribution in [0.1, 0.15) is 19.8 Å². The van der Waals surface area contributed by atoms with Crippen molar-refractivity contribution in [3.8, 4) is 0 Å². The van der Waals surface area contributed by atoms with Crippen LogP contribution in [0.4, 0.5) is 0 Å². The SMILES string of the molecule is C[C@@H]1C[C@H](O)C[C@@H](C(=O)O)N1. The minimum absolute atomic E-state index is 0.0971. The zero-order valence-corrected chi connectivity index (χ0v) is 6.45. The first-order chi connectivity index (χ1) is 5.09. The van der Waals surface area contributed by atoms with E-state index in [-0.39, 0.29) is 6.04 Å². The molecule has 64 valence electrons. The first kappa shape index (κ1) is 8.49. The van der Waals surface area contributed by atoms with Crippen molar-refractivity contribution in [2.45, 2.75) is 38.0 Å². The summed E-state index contributed by atoms with van der Waals surface area (Å²) in [6, 6.07) is -0.478. The van der Waals surface area contributed by atoms with Gasteiger partial charge in [-0.1, -0.05) is 0 Å². The lowest BCUT2D eigenvalue weighted by molar-refractivity contribution is -0.141. The molecule has 3 N–H and O–H groups in total. The van der Waals surface area contributed by atoms with E-state index in [0.29, 0.717) is 12.8 Å². The van der Waals surface area contributed by atoms with Crippen molar-refractivity contribution in [2.24, 2.45) is 0 Å². The van der Waals surface area contributed by atoms with Gasteiger partial charge in [0.25, 0.3) is 0 Å². The molecule has 0 unspecified atom stereocenters. The normalized spacial score (nSPS) is 38.5. The Bertz CT molecular complexity index is 150. The van der Waals surface area contributed by atoms with Crippen molar-refractivity contribution >= 4 is 5.97 Å². The number of hydrogen-bond acceptors (Lipinski definition) is 3. The topological polar surface area (TPSA) is 69.6 Å². The smallest absolute Gasteiger partial charge is 0.320 e. The fourth-order valence-corrected chi connectivity index (χ4v) is 1.43. The molecule has 0 aromatic carbocycles. The summed E-state index contributed by atoms with van der Waals surface area (Å²) in [4.78, 5) is 10.5. The van der Waals surface area contributed by atoms with Crippen LogP contribution in [0, 0.1) is 0 Å². The van der Waals surface area contributed by atoms with E-state index in [0.717, 1.165) is 0 Å². The molecular weight excluding hydrogens is 146 g/mol. The van der Waals surface area contributed by atoms with Crippen molar-refractivity contribution < 1.29 is 15.0 Å². The molecule has 0 spiro atoms. The van der Waals surface area contributed by atoms with Gasteiger partial charge >= 0.3 is 5.97 Å². The lowest BCUT2D eigenvalue weighted by atomic mass is 9.97. The number of aliphatic hydroxyl groups is 1. The third-order valence-corrected chi connectivity index (χ3v) is 1.92. The Balaban J connectivity index is 2.49. The van der Waals surface area contributed by atoms with Crippen LogP contribution < -0.4 is 5.32 Å². The Kier molecular flexibility index (Phi) is 2.46. The Morgan fingerprint density at radius 1 is 1.55 bits per heavy atom. The summed E-state index contributed by atoms with van der Waals surface area (Å²) < 4.78 is 0. The lowest BCUT2D eigenvalue weighted by Gasteiger charge is -2.29. The average molecular weight is 159 g/mol. The number of rotatable bonds is 1. The maximum absolute atomic E-state index is 10.5. The molecule has 1 saturated heterocycles. The summed E-state index contributed by atoms with van der Waals surface area (Å²) >= 11 is 0. The van der Waals surface area contributed by atoms with Crippen LogP contribution in [0.25, 0.3) is 0 Å². The molecule has 0 amide bonds. The van der Waals surface area contributed by atoms with Gasteiger partial charge in [0.1, 0.15) is 6.04 Å². The Labute approximate surface area is 65.2 Å². The fraction of sp³-hybridized carbons (Fsp3) is 0.857. The van der Waals surface area contributed by atoms with Crippen LogP contribution >= 0.6 is 0 Å². The highest BCUT2D eigenvalue weighted by Gasteiger charge is 2.28. The molecule has 1 rings (SSSR count). The van der Waals surface area contributed by atoms with Gasteiger partial charge in [-0.05, 0) is 19.8 Å². The first-order valence-corrected chi connectivity index (χ1v) is 3.76. The number of carbonyl (C=O) groups is 1. The van der Waals surface area contributed by atoms with Crippen molar-refractivity contribution in [1.29, 1.82) is 0 Å². The largest absolute Gasteiger partial charge is 0.480 e. The maximum Gasteiger partial charge on any atom is 0.320 e. The number of nitrogens with one attached hydrogen (secondary N) is 1. The monoisotopic (exact) mass is 159 g/mol. The van der Waals surface area contributed by atoms with Crippen molar-refractivity contribution in [3.63, 3.8) is 0 Å². The molecule has 0 aromatic heterocycles. The summed E-state index contributed by atoms with van der Waals surface area (Å²) in [6.45, 7) is 1.87. The van der Waals surface area contributed by atoms with Crippen LogP contribution in [0.2, 0.25) is 0 Å². The number of hydrogen-bond donors (Lipinski definition) is 3. The standard InChI is InChI=1S/C7H13NO3/c1-4-2-5(9)3-6(8-4)7(10)11/h4-6,8-9H,2-3H2,1H3,(H,10,11)/t4-,5+,6+/m1/s1. The van der Waals surface area contributed by atoms with E-state index in [2.05, 4.69) is 5.32 Å². The molecule has 1 heterocycles. The van der Waals surface area contributed by atoms with E-state index in [4.69, 9.17) is 5.11 Å². The van der Waals surface area contributed by atoms with Gasteiger partial charge in [-0.3, -0.25) is 4.79 Å². The predicted octanol–water partition coefficient (Wildman–Crippen LogP) is -0.428. The van der Waals surface area contributed by atoms with Gasteiger partial charge in [0.2, 0.25) is 0 Å². The van der Waals surface area contributed by atoms with Crippen LogP contribution in [0.3, 0.4) is 0 Å². The van der Waals surface area contributed by atoms with Crippen LogP contribution in [-0.2, 0) is 4.79 Å². The third kappa shape index (κ3) is 2.17. The van der Waals surface area contributed by atoms with Crippen LogP contribution in [0.5, 0.6) is 0 Å². The number of carboxylic acids is 1. The van der Waals surface area contributed by atoms with E-state index in [1.807, 2.05) is 6.92 Å². The molecule has 0 radical (unpaired) electrons. The highest BCUT2D eigenvalue weighted by molar-refractivity contribution is 5.73. The Morgan fingerprint density at radius 2 is 2.18 bits per heavy atom. The highest BCUT2D eigenvalue weighted by Crippen LogP contribution is 2.12. The minimum Gasteiger partial charge on any atom is -0.480 e. The fourth-order valence-electron chi connectivity index (χ4n) is 1.43. The van der Waals surface area contributed by atoms with Crippen LogP contribution in [0.15, 0.2) is 0 Å². The van der Waals surface area contributed by atoms with E-state index in [9.17, 15) is 9.90 Å². The number of carboxylic acid groups (broad SMARTS) is 1. The lowest BCUT2D eigenvalue weighted by Crippen LogP contribution is -2.49. The molecule has 0 aromatic rings. The van der Waals surface area contributed by atoms with Gasteiger partial charge < -0.3 is 15.5 Å². The van der Waals surface area contributed by atoms with Gasteiger partial charge in [-0.25, -0.2) is 0 Å². The molecule has 1 aliphatic heterocycles. The second-order valence-corrected chi connectivity index (χ2v) is 3.08. The molecule has 0 aliphatic carbocycles. The quantitative estimate of drug-likeness (QED) is 0.485. The molecule has 4 nitrogen and oxygen atoms in total. The molecule has 1 aliphatic rings. The highest BCUT2D eigenvalue weighted by atomic mass is 16.4. The van der Waals surface area contributed by atoms with Crippen molar-refractivity contribution in [1.82, 2.24) is 5.32 Å². The van der Waals surface area contributed by atoms with Crippen molar-refractivity contribution in [3.05, 3.63) is 0 Å². The van der Waals surface area contributed by atoms with E-state index >= 15 is 0 Å². The third-order valence-electron chi connectivity index (χ3n) is 1.92. The van der Waals surface area contributed by atoms with Crippen molar-refractivity contribution in [2.75, 3.05) is 0 Å². The van der Waals surface area contributed by atoms with Gasteiger partial charge in [0.05, 0.1) is 6.10 Å². The summed E-state index contributed by atoms with van der Waals surface area (Å²) in [5.41, 5.74) is 0. The van der Waals surface area contributed by atoms with Gasteiger partial charge in [0.15, 0.2) is 0 Å². The summed E-state index contributed by atoms with van der Waals surface area (Å²) in [5.74, 6) is -0.879. The average Bonchev–Trinajstić information content (AvgIpc) is 1.85. The summed E-state index contributed by atoms with van der Waals surface area (Å²) in [5, 5.41) is 20.7. The van der Waals surface area contributed by atoms with Crippen LogP contribution in [-0.4, -0.2) is 34.4 Å². The molecule has 11 heavy (non-hydrogen) atoms. The van der Waals surface area contributed by atoms with E-state index in [1.54, 1.807) is 0 Å². The summed E-state index contributed by atoms with van der Waals surface area (Å²) in [7, 11) is 0. The number of aliphatic hydroxyl groups excluding tert-OH is 1. The van der Waals surface area contributed by atoms with Gasteiger partial charge in [-0.15, -0.1) is 0 Å². The zero-order valence-electron chi connectivity index (χ0n) is 6.45. The van der Waals surface area contributed by atoms with Gasteiger partial charge in [0, 0.05) is 6.04 Å². The number of aliphatic carboxylic acids is 1. The molecule has 3 atom stereocenters. The zero-order chi connectivity index (χ0) is 8.43. The predicted molar refractivity (Wildman–Crippen MR) is 39.3 cm³/mol. The second kappa shape index (κ2) is 3.19. The maximum atomic E-state index is 10.5. The van der Waals surface area contributed by atoms with E-state index in [1.165, 1.54) is 0 Å². The molecule has 4 heteroatoms. The van der Waals surface area contributed by atoms with E-state index < -0.39 is 18.1 Å². The van der Waals surface area contributed by atoms with Gasteiger partial charge in [-0.2, -0.15) is 0 Å².